The van der Waals surface area contributed by atoms with E-state index in [1.54, 1.807) is 0 Å². The number of hydrogen-bond acceptors (Lipinski definition) is 2. The van der Waals surface area contributed by atoms with E-state index in [-0.39, 0.29) is 46.5 Å². The molecule has 1 rings (SSSR count). The van der Waals surface area contributed by atoms with E-state index in [0.29, 0.717) is 12.8 Å². The minimum atomic E-state index is -0.108. The van der Waals surface area contributed by atoms with Gasteiger partial charge in [0.25, 0.3) is 0 Å². The molecule has 0 N–H and O–H groups in total. The summed E-state index contributed by atoms with van der Waals surface area (Å²) in [7, 11) is 0. The predicted octanol–water partition coefficient (Wildman–Crippen LogP) is -2.38. The molecule has 0 unspecified atom stereocenters. The minimum Gasteiger partial charge on any atom is -0.875 e. The molecule has 0 radical (unpaired) electrons. The van der Waals surface area contributed by atoms with Gasteiger partial charge in [-0.2, -0.15) is 0 Å². The molecule has 0 heterocycles. The molecule has 1 aliphatic rings. The Labute approximate surface area is 89.0 Å². The number of carbonyl (C=O) groups is 1. The van der Waals surface area contributed by atoms with Gasteiger partial charge in [-0.05, 0) is 17.9 Å². The molecule has 11 heavy (non-hydrogen) atoms. The number of rotatable bonds is 0. The summed E-state index contributed by atoms with van der Waals surface area (Å²) in [5.41, 5.74) is -0.108. The van der Waals surface area contributed by atoms with Crippen LogP contribution in [0.2, 0.25) is 0 Å². The zero-order valence-corrected chi connectivity index (χ0v) is 9.31. The van der Waals surface area contributed by atoms with E-state index in [0.717, 1.165) is 0 Å². The van der Waals surface area contributed by atoms with E-state index in [4.69, 9.17) is 0 Å². The molecular formula is C8H11NaO2. The van der Waals surface area contributed by atoms with Crippen LogP contribution >= 0.6 is 0 Å². The van der Waals surface area contributed by atoms with E-state index in [9.17, 15) is 9.90 Å². The van der Waals surface area contributed by atoms with E-state index in [1.807, 2.05) is 13.8 Å². The second kappa shape index (κ2) is 3.74. The Morgan fingerprint density at radius 2 is 2.00 bits per heavy atom. The maximum absolute atomic E-state index is 10.8. The Bertz CT molecular complexity index is 194. The third-order valence-electron chi connectivity index (χ3n) is 1.63. The van der Waals surface area contributed by atoms with Crippen molar-refractivity contribution in [2.75, 3.05) is 0 Å². The Balaban J connectivity index is 0.000001000. The van der Waals surface area contributed by atoms with Crippen molar-refractivity contribution >= 4 is 5.78 Å². The molecule has 0 atom stereocenters. The monoisotopic (exact) mass is 162 g/mol. The first-order valence-electron chi connectivity index (χ1n) is 3.40. The van der Waals surface area contributed by atoms with Crippen LogP contribution in [0, 0.1) is 5.41 Å². The van der Waals surface area contributed by atoms with E-state index >= 15 is 0 Å². The summed E-state index contributed by atoms with van der Waals surface area (Å²) in [6, 6.07) is 0. The average molecular weight is 162 g/mol. The number of allylic oxidation sites excluding steroid dienone is 2. The fourth-order valence-electron chi connectivity index (χ4n) is 1.29. The van der Waals surface area contributed by atoms with Crippen LogP contribution in [0.4, 0.5) is 0 Å². The first-order valence-corrected chi connectivity index (χ1v) is 3.40. The molecule has 0 spiro atoms. The van der Waals surface area contributed by atoms with Gasteiger partial charge in [0, 0.05) is 6.42 Å². The first-order chi connectivity index (χ1) is 4.49. The Kier molecular flexibility index (Phi) is 3.82. The van der Waals surface area contributed by atoms with Gasteiger partial charge in [0.2, 0.25) is 0 Å². The van der Waals surface area contributed by atoms with Gasteiger partial charge in [-0.3, -0.25) is 4.79 Å². The molecule has 1 aliphatic carbocycles. The molecule has 0 fully saturated rings. The zero-order chi connectivity index (χ0) is 7.78. The van der Waals surface area contributed by atoms with Gasteiger partial charge in [0.1, 0.15) is 0 Å². The second-order valence-corrected chi connectivity index (χ2v) is 3.59. The summed E-state index contributed by atoms with van der Waals surface area (Å²) in [6.45, 7) is 3.88. The second-order valence-electron chi connectivity index (χ2n) is 3.59. The summed E-state index contributed by atoms with van der Waals surface area (Å²) in [4.78, 5) is 10.8. The average Bonchev–Trinajstić information content (AvgIpc) is 1.54. The van der Waals surface area contributed by atoms with Crippen LogP contribution in [-0.4, -0.2) is 5.78 Å². The zero-order valence-electron chi connectivity index (χ0n) is 7.31. The van der Waals surface area contributed by atoms with Gasteiger partial charge in [0.05, 0.1) is 0 Å². The standard InChI is InChI=1S/C8H12O2.Na/c1-8(2)4-6(9)3-7(10)5-8;/h3,9H,4-5H2,1-2H3;/q;+1/p-1. The number of ketones is 1. The van der Waals surface area contributed by atoms with Gasteiger partial charge in [0.15, 0.2) is 5.78 Å². The third-order valence-corrected chi connectivity index (χ3v) is 1.63. The quantitative estimate of drug-likeness (QED) is 0.373. The van der Waals surface area contributed by atoms with Gasteiger partial charge in [-0.25, -0.2) is 0 Å². The summed E-state index contributed by atoms with van der Waals surface area (Å²) in [6.07, 6.45) is 2.24. The van der Waals surface area contributed by atoms with E-state index in [1.165, 1.54) is 6.08 Å². The van der Waals surface area contributed by atoms with Crippen molar-refractivity contribution in [3.63, 3.8) is 0 Å². The van der Waals surface area contributed by atoms with Crippen molar-refractivity contribution in [2.24, 2.45) is 5.41 Å². The molecule has 3 heteroatoms. The molecule has 0 saturated heterocycles. The first kappa shape index (κ1) is 11.2. The molecule has 0 amide bonds. The van der Waals surface area contributed by atoms with Crippen LogP contribution in [0.3, 0.4) is 0 Å². The largest absolute Gasteiger partial charge is 1.00 e. The van der Waals surface area contributed by atoms with Crippen molar-refractivity contribution in [3.05, 3.63) is 11.8 Å². The normalized spacial score (nSPS) is 22.0. The molecule has 0 aromatic heterocycles. The van der Waals surface area contributed by atoms with Crippen LogP contribution in [0.15, 0.2) is 11.8 Å². The summed E-state index contributed by atoms with van der Waals surface area (Å²) in [5, 5.41) is 10.8. The van der Waals surface area contributed by atoms with Crippen molar-refractivity contribution in [3.8, 4) is 0 Å². The molecule has 0 saturated carbocycles. The molecule has 0 aromatic carbocycles. The molecular weight excluding hydrogens is 151 g/mol. The maximum atomic E-state index is 10.8. The Hall–Kier alpha value is 0.210. The molecule has 0 aliphatic heterocycles. The van der Waals surface area contributed by atoms with Crippen molar-refractivity contribution in [2.45, 2.75) is 26.7 Å². The number of hydrogen-bond donors (Lipinski definition) is 0. The van der Waals surface area contributed by atoms with Crippen molar-refractivity contribution in [1.82, 2.24) is 0 Å². The third kappa shape index (κ3) is 3.41. The predicted molar refractivity (Wildman–Crippen MR) is 36.1 cm³/mol. The fraction of sp³-hybridized carbons (Fsp3) is 0.625. The molecule has 2 nitrogen and oxygen atoms in total. The summed E-state index contributed by atoms with van der Waals surface area (Å²) < 4.78 is 0. The van der Waals surface area contributed by atoms with E-state index in [2.05, 4.69) is 0 Å². The summed E-state index contributed by atoms with van der Waals surface area (Å²) in [5.74, 6) is -0.0532. The van der Waals surface area contributed by atoms with Crippen LogP contribution in [0.1, 0.15) is 26.7 Å². The van der Waals surface area contributed by atoms with Gasteiger partial charge >= 0.3 is 29.6 Å². The van der Waals surface area contributed by atoms with Crippen LogP contribution in [0.5, 0.6) is 0 Å². The number of carbonyl (C=O) groups excluding carboxylic acids is 1. The van der Waals surface area contributed by atoms with Crippen molar-refractivity contribution < 1.29 is 39.5 Å². The Morgan fingerprint density at radius 3 is 2.36 bits per heavy atom. The van der Waals surface area contributed by atoms with Gasteiger partial charge in [-0.15, -0.1) is 5.76 Å². The Morgan fingerprint density at radius 1 is 1.45 bits per heavy atom. The van der Waals surface area contributed by atoms with Crippen molar-refractivity contribution in [1.29, 1.82) is 0 Å². The smallest absolute Gasteiger partial charge is 0.875 e. The van der Waals surface area contributed by atoms with Gasteiger partial charge < -0.3 is 5.11 Å². The molecule has 0 aromatic rings. The fourth-order valence-corrected chi connectivity index (χ4v) is 1.29. The van der Waals surface area contributed by atoms with Crippen LogP contribution in [-0.2, 0) is 4.79 Å². The topological polar surface area (TPSA) is 40.1 Å². The maximum Gasteiger partial charge on any atom is 1.00 e. The van der Waals surface area contributed by atoms with Crippen LogP contribution < -0.4 is 34.7 Å². The van der Waals surface area contributed by atoms with Crippen LogP contribution in [0.25, 0.3) is 0 Å². The molecule has 0 bridgehead atoms. The summed E-state index contributed by atoms with van der Waals surface area (Å²) >= 11 is 0. The molecule has 56 valence electrons. The SMILES string of the molecule is CC1(C)CC(=O)C=C([O-])C1.[Na+]. The van der Waals surface area contributed by atoms with E-state index < -0.39 is 0 Å². The minimum absolute atomic E-state index is 0. The van der Waals surface area contributed by atoms with Gasteiger partial charge in [-0.1, -0.05) is 13.8 Å².